The maximum Gasteiger partial charge on any atom is 0.306 e. The molecule has 1 amide bonds. The zero-order valence-electron chi connectivity index (χ0n) is 11.2. The van der Waals surface area contributed by atoms with Crippen molar-refractivity contribution in [2.75, 3.05) is 13.2 Å². The number of hydrogen-bond acceptors (Lipinski definition) is 4. The van der Waals surface area contributed by atoms with Gasteiger partial charge in [-0.1, -0.05) is 0 Å². The van der Waals surface area contributed by atoms with Gasteiger partial charge in [-0.15, -0.1) is 0 Å². The molecular formula is C13H21NO5. The van der Waals surface area contributed by atoms with Gasteiger partial charge in [0.1, 0.15) is 0 Å². The van der Waals surface area contributed by atoms with Crippen LogP contribution in [0.4, 0.5) is 0 Å². The van der Waals surface area contributed by atoms with Crippen LogP contribution in [0.5, 0.6) is 0 Å². The molecule has 0 spiro atoms. The molecule has 0 aromatic rings. The lowest BCUT2D eigenvalue weighted by molar-refractivity contribution is -0.143. The number of nitrogens with one attached hydrogen (secondary N) is 1. The normalized spacial score (nSPS) is 21.9. The first-order chi connectivity index (χ1) is 9.04. The number of aliphatic carboxylic acids is 1. The van der Waals surface area contributed by atoms with Crippen LogP contribution in [0.3, 0.4) is 0 Å². The van der Waals surface area contributed by atoms with E-state index in [1.165, 1.54) is 0 Å². The van der Waals surface area contributed by atoms with Crippen LogP contribution in [0.1, 0.15) is 39.0 Å². The Balaban J connectivity index is 2.15. The molecule has 2 unspecified atom stereocenters. The van der Waals surface area contributed by atoms with Gasteiger partial charge in [0.2, 0.25) is 5.91 Å². The summed E-state index contributed by atoms with van der Waals surface area (Å²) in [7, 11) is 0. The van der Waals surface area contributed by atoms with Crippen molar-refractivity contribution in [1.29, 1.82) is 0 Å². The second kappa shape index (κ2) is 7.76. The number of esters is 1. The zero-order chi connectivity index (χ0) is 14.3. The summed E-state index contributed by atoms with van der Waals surface area (Å²) in [6, 6.07) is 0. The number of ether oxygens (including phenoxy) is 1. The van der Waals surface area contributed by atoms with Crippen molar-refractivity contribution in [2.45, 2.75) is 39.0 Å². The second-order valence-corrected chi connectivity index (χ2v) is 4.74. The predicted octanol–water partition coefficient (Wildman–Crippen LogP) is 0.947. The molecule has 2 N–H and O–H groups in total. The molecule has 0 heterocycles. The maximum atomic E-state index is 11.8. The molecule has 1 fully saturated rings. The molecule has 0 aliphatic heterocycles. The van der Waals surface area contributed by atoms with Crippen molar-refractivity contribution in [1.82, 2.24) is 5.32 Å². The smallest absolute Gasteiger partial charge is 0.306 e. The van der Waals surface area contributed by atoms with E-state index >= 15 is 0 Å². The number of carbonyl (C=O) groups excluding carboxylic acids is 2. The quantitative estimate of drug-likeness (QED) is 0.531. The topological polar surface area (TPSA) is 92.7 Å². The largest absolute Gasteiger partial charge is 0.481 e. The van der Waals surface area contributed by atoms with Gasteiger partial charge in [-0.25, -0.2) is 0 Å². The highest BCUT2D eigenvalue weighted by molar-refractivity contribution is 5.80. The fourth-order valence-corrected chi connectivity index (χ4v) is 2.27. The molecule has 0 radical (unpaired) electrons. The van der Waals surface area contributed by atoms with Crippen LogP contribution >= 0.6 is 0 Å². The van der Waals surface area contributed by atoms with E-state index in [1.54, 1.807) is 6.92 Å². The molecule has 1 aliphatic rings. The van der Waals surface area contributed by atoms with E-state index in [9.17, 15) is 14.4 Å². The lowest BCUT2D eigenvalue weighted by Crippen LogP contribution is -2.30. The Labute approximate surface area is 112 Å². The molecule has 0 saturated heterocycles. The van der Waals surface area contributed by atoms with Gasteiger partial charge in [-0.05, 0) is 32.6 Å². The highest BCUT2D eigenvalue weighted by atomic mass is 16.5. The first-order valence-corrected chi connectivity index (χ1v) is 6.70. The summed E-state index contributed by atoms with van der Waals surface area (Å²) in [5, 5.41) is 11.6. The van der Waals surface area contributed by atoms with Gasteiger partial charge in [-0.2, -0.15) is 0 Å². The van der Waals surface area contributed by atoms with E-state index < -0.39 is 11.9 Å². The van der Waals surface area contributed by atoms with Crippen LogP contribution in [0.2, 0.25) is 0 Å². The van der Waals surface area contributed by atoms with E-state index in [2.05, 4.69) is 5.32 Å². The Hall–Kier alpha value is -1.59. The number of hydrogen-bond donors (Lipinski definition) is 2. The minimum absolute atomic E-state index is 0.104. The Morgan fingerprint density at radius 2 is 1.95 bits per heavy atom. The average molecular weight is 271 g/mol. The third-order valence-electron chi connectivity index (χ3n) is 3.31. The summed E-state index contributed by atoms with van der Waals surface area (Å²) < 4.78 is 4.77. The first kappa shape index (κ1) is 15.5. The lowest BCUT2D eigenvalue weighted by atomic mass is 10.0. The molecular weight excluding hydrogens is 250 g/mol. The third-order valence-corrected chi connectivity index (χ3v) is 3.31. The summed E-state index contributed by atoms with van der Waals surface area (Å²) in [6.07, 6.45) is 2.44. The third kappa shape index (κ3) is 5.28. The predicted molar refractivity (Wildman–Crippen MR) is 67.3 cm³/mol. The highest BCUT2D eigenvalue weighted by Gasteiger charge is 2.33. The molecule has 0 bridgehead atoms. The molecule has 1 rings (SSSR count). The number of carboxylic acids is 1. The summed E-state index contributed by atoms with van der Waals surface area (Å²) >= 11 is 0. The fraction of sp³-hybridized carbons (Fsp3) is 0.769. The van der Waals surface area contributed by atoms with E-state index in [-0.39, 0.29) is 24.2 Å². The average Bonchev–Trinajstić information content (AvgIpc) is 2.84. The summed E-state index contributed by atoms with van der Waals surface area (Å²) in [6.45, 7) is 2.54. The first-order valence-electron chi connectivity index (χ1n) is 6.70. The number of amides is 1. The summed E-state index contributed by atoms with van der Waals surface area (Å²) in [5.74, 6) is -1.78. The Bertz CT molecular complexity index is 342. The number of carbonyl (C=O) groups is 3. The van der Waals surface area contributed by atoms with Gasteiger partial charge >= 0.3 is 11.9 Å². The fourth-order valence-electron chi connectivity index (χ4n) is 2.27. The Morgan fingerprint density at radius 3 is 2.53 bits per heavy atom. The molecule has 1 saturated carbocycles. The Kier molecular flexibility index (Phi) is 6.32. The highest BCUT2D eigenvalue weighted by Crippen LogP contribution is 2.30. The van der Waals surface area contributed by atoms with Crippen molar-refractivity contribution in [3.8, 4) is 0 Å². The van der Waals surface area contributed by atoms with Crippen molar-refractivity contribution in [3.05, 3.63) is 0 Å². The SMILES string of the molecule is CCOC(=O)CCCNC(=O)C1CCC(C(=O)O)C1. The molecule has 1 aliphatic carbocycles. The molecule has 108 valence electrons. The van der Waals surface area contributed by atoms with Crippen LogP contribution < -0.4 is 5.32 Å². The van der Waals surface area contributed by atoms with Crippen molar-refractivity contribution in [3.63, 3.8) is 0 Å². The minimum Gasteiger partial charge on any atom is -0.481 e. The molecule has 6 nitrogen and oxygen atoms in total. The van der Waals surface area contributed by atoms with E-state index in [0.29, 0.717) is 38.8 Å². The van der Waals surface area contributed by atoms with Crippen molar-refractivity contribution < 1.29 is 24.2 Å². The summed E-state index contributed by atoms with van der Waals surface area (Å²) in [4.78, 5) is 33.6. The van der Waals surface area contributed by atoms with Crippen LogP contribution in [0.25, 0.3) is 0 Å². The van der Waals surface area contributed by atoms with Crippen molar-refractivity contribution >= 4 is 17.8 Å². The van der Waals surface area contributed by atoms with Crippen LogP contribution in [0.15, 0.2) is 0 Å². The molecule has 0 aromatic carbocycles. The molecule has 2 atom stereocenters. The van der Waals surface area contributed by atoms with E-state index in [4.69, 9.17) is 9.84 Å². The maximum absolute atomic E-state index is 11.8. The summed E-state index contributed by atoms with van der Waals surface area (Å²) in [5.41, 5.74) is 0. The molecule has 6 heteroatoms. The van der Waals surface area contributed by atoms with Gasteiger partial charge in [0.25, 0.3) is 0 Å². The zero-order valence-corrected chi connectivity index (χ0v) is 11.2. The molecule has 19 heavy (non-hydrogen) atoms. The lowest BCUT2D eigenvalue weighted by Gasteiger charge is -2.10. The van der Waals surface area contributed by atoms with Gasteiger partial charge in [0, 0.05) is 18.9 Å². The standard InChI is InChI=1S/C13H21NO5/c1-2-19-11(15)4-3-7-14-12(16)9-5-6-10(8-9)13(17)18/h9-10H,2-8H2,1H3,(H,14,16)(H,17,18). The van der Waals surface area contributed by atoms with Gasteiger partial charge in [0.15, 0.2) is 0 Å². The van der Waals surface area contributed by atoms with Crippen LogP contribution in [0, 0.1) is 11.8 Å². The Morgan fingerprint density at radius 1 is 1.26 bits per heavy atom. The number of rotatable bonds is 7. The second-order valence-electron chi connectivity index (χ2n) is 4.74. The van der Waals surface area contributed by atoms with E-state index in [1.807, 2.05) is 0 Å². The monoisotopic (exact) mass is 271 g/mol. The van der Waals surface area contributed by atoms with Gasteiger partial charge in [0.05, 0.1) is 12.5 Å². The van der Waals surface area contributed by atoms with Gasteiger partial charge in [-0.3, -0.25) is 14.4 Å². The minimum atomic E-state index is -0.822. The van der Waals surface area contributed by atoms with Crippen molar-refractivity contribution in [2.24, 2.45) is 11.8 Å². The van der Waals surface area contributed by atoms with E-state index in [0.717, 1.165) is 0 Å². The van der Waals surface area contributed by atoms with Crippen LogP contribution in [-0.2, 0) is 19.1 Å². The van der Waals surface area contributed by atoms with Gasteiger partial charge < -0.3 is 15.2 Å². The van der Waals surface area contributed by atoms with Crippen LogP contribution in [-0.4, -0.2) is 36.1 Å². The molecule has 0 aromatic heterocycles. The number of carboxylic acid groups (broad SMARTS) is 1.